The van der Waals surface area contributed by atoms with E-state index in [1.54, 1.807) is 0 Å². The molecule has 1 unspecified atom stereocenters. The molecule has 3 fully saturated rings. The first-order valence-electron chi connectivity index (χ1n) is 6.08. The smallest absolute Gasteiger partial charge is 0.326 e. The Morgan fingerprint density at radius 2 is 2.12 bits per heavy atom. The lowest BCUT2D eigenvalue weighted by molar-refractivity contribution is -0.149. The Hall–Kier alpha value is -1.14. The first-order chi connectivity index (χ1) is 8.14. The monoisotopic (exact) mass is 240 g/mol. The number of ether oxygens (including phenoxy) is 1. The molecule has 3 aliphatic heterocycles. The normalized spacial score (nSPS) is 35.3. The van der Waals surface area contributed by atoms with Gasteiger partial charge in [0.2, 0.25) is 0 Å². The number of carbonyl (C=O) groups excluding carboxylic acids is 1. The Kier molecular flexibility index (Phi) is 2.38. The molecule has 1 amide bonds. The molecule has 2 N–H and O–H groups in total. The molecule has 0 radical (unpaired) electrons. The zero-order valence-corrected chi connectivity index (χ0v) is 9.52. The van der Waals surface area contributed by atoms with E-state index < -0.39 is 17.6 Å². The molecule has 0 aromatic carbocycles. The number of rotatable bonds is 1. The fraction of sp³-hybridized carbons (Fsp3) is 0.818. The Morgan fingerprint density at radius 3 is 2.76 bits per heavy atom. The average molecular weight is 240 g/mol. The van der Waals surface area contributed by atoms with E-state index in [2.05, 4.69) is 5.32 Å². The van der Waals surface area contributed by atoms with Gasteiger partial charge in [0.25, 0.3) is 5.91 Å². The van der Waals surface area contributed by atoms with Crippen molar-refractivity contribution in [3.8, 4) is 0 Å². The third-order valence-electron chi connectivity index (χ3n) is 4.02. The van der Waals surface area contributed by atoms with Crippen LogP contribution >= 0.6 is 0 Å². The van der Waals surface area contributed by atoms with E-state index in [9.17, 15) is 9.59 Å². The van der Waals surface area contributed by atoms with Crippen molar-refractivity contribution < 1.29 is 19.4 Å². The Morgan fingerprint density at radius 1 is 1.41 bits per heavy atom. The minimum atomic E-state index is -0.921. The van der Waals surface area contributed by atoms with Gasteiger partial charge in [0.15, 0.2) is 5.60 Å². The molecule has 0 bridgehead atoms. The van der Waals surface area contributed by atoms with Crippen molar-refractivity contribution >= 4 is 11.9 Å². The number of carboxylic acid groups (broad SMARTS) is 1. The number of amides is 1. The van der Waals surface area contributed by atoms with Crippen molar-refractivity contribution in [2.75, 3.05) is 13.1 Å². The number of nitrogens with one attached hydrogen (secondary N) is 1. The van der Waals surface area contributed by atoms with Crippen LogP contribution in [0, 0.1) is 0 Å². The predicted molar refractivity (Wildman–Crippen MR) is 57.2 cm³/mol. The number of hydrogen-bond acceptors (Lipinski definition) is 4. The number of nitrogens with zero attached hydrogens (tertiary/aromatic N) is 1. The van der Waals surface area contributed by atoms with Crippen molar-refractivity contribution in [2.24, 2.45) is 0 Å². The molecule has 0 saturated carbocycles. The summed E-state index contributed by atoms with van der Waals surface area (Å²) in [4.78, 5) is 24.9. The van der Waals surface area contributed by atoms with Gasteiger partial charge in [-0.05, 0) is 38.8 Å². The van der Waals surface area contributed by atoms with Crippen molar-refractivity contribution in [1.29, 1.82) is 0 Å². The molecule has 6 heteroatoms. The zero-order chi connectivity index (χ0) is 12.0. The molecule has 0 aliphatic carbocycles. The highest BCUT2D eigenvalue weighted by Gasteiger charge is 2.58. The molecule has 1 spiro atoms. The van der Waals surface area contributed by atoms with E-state index >= 15 is 0 Å². The van der Waals surface area contributed by atoms with Gasteiger partial charge in [0, 0.05) is 0 Å². The molecule has 3 aliphatic rings. The third-order valence-corrected chi connectivity index (χ3v) is 4.02. The van der Waals surface area contributed by atoms with E-state index in [-0.39, 0.29) is 12.1 Å². The molecule has 3 rings (SSSR count). The highest BCUT2D eigenvalue weighted by Crippen LogP contribution is 2.41. The number of piperidine rings is 1. The van der Waals surface area contributed by atoms with Gasteiger partial charge >= 0.3 is 5.97 Å². The maximum Gasteiger partial charge on any atom is 0.326 e. The van der Waals surface area contributed by atoms with Gasteiger partial charge in [-0.25, -0.2) is 4.79 Å². The van der Waals surface area contributed by atoms with Gasteiger partial charge in [0.1, 0.15) is 12.3 Å². The van der Waals surface area contributed by atoms with Crippen molar-refractivity contribution in [3.63, 3.8) is 0 Å². The summed E-state index contributed by atoms with van der Waals surface area (Å²) in [5.41, 5.74) is -0.746. The maximum atomic E-state index is 12.4. The molecule has 0 aromatic rings. The second-order valence-electron chi connectivity index (χ2n) is 4.96. The lowest BCUT2D eigenvalue weighted by atomic mass is 9.91. The predicted octanol–water partition coefficient (Wildman–Crippen LogP) is -0.460. The summed E-state index contributed by atoms with van der Waals surface area (Å²) < 4.78 is 5.88. The Bertz CT molecular complexity index is 364. The molecule has 3 saturated heterocycles. The average Bonchev–Trinajstić information content (AvgIpc) is 2.81. The lowest BCUT2D eigenvalue weighted by Gasteiger charge is -2.31. The Labute approximate surface area is 98.9 Å². The molecular formula is C11H16N2O4. The van der Waals surface area contributed by atoms with E-state index in [0.29, 0.717) is 25.7 Å². The standard InChI is InChI=1S/C11H16N2O4/c14-9(15)7-1-2-8-13(7)10(16)11(17-8)3-5-12-6-4-11/h7-8,12H,1-6H2,(H,14,15)/t7-,8?/m0/s1. The van der Waals surface area contributed by atoms with Crippen LogP contribution in [0.4, 0.5) is 0 Å². The highest BCUT2D eigenvalue weighted by atomic mass is 16.6. The van der Waals surface area contributed by atoms with Gasteiger partial charge in [-0.2, -0.15) is 0 Å². The van der Waals surface area contributed by atoms with Crippen LogP contribution in [0.25, 0.3) is 0 Å². The molecule has 0 aromatic heterocycles. The zero-order valence-electron chi connectivity index (χ0n) is 9.52. The number of carbonyl (C=O) groups is 2. The van der Waals surface area contributed by atoms with E-state index in [0.717, 1.165) is 13.1 Å². The van der Waals surface area contributed by atoms with Crippen LogP contribution in [0.3, 0.4) is 0 Å². The fourth-order valence-electron chi connectivity index (χ4n) is 3.12. The number of aliphatic carboxylic acids is 1. The van der Waals surface area contributed by atoms with Crippen LogP contribution in [-0.4, -0.2) is 52.8 Å². The minimum Gasteiger partial charge on any atom is -0.480 e. The summed E-state index contributed by atoms with van der Waals surface area (Å²) >= 11 is 0. The van der Waals surface area contributed by atoms with Crippen LogP contribution in [0.2, 0.25) is 0 Å². The van der Waals surface area contributed by atoms with E-state index in [1.165, 1.54) is 4.90 Å². The summed E-state index contributed by atoms with van der Waals surface area (Å²) in [5.74, 6) is -1.04. The summed E-state index contributed by atoms with van der Waals surface area (Å²) in [6, 6.07) is -0.693. The Balaban J connectivity index is 1.86. The maximum absolute atomic E-state index is 12.4. The SMILES string of the molecule is O=C(O)[C@@H]1CCC2OC3(CCNCC3)C(=O)N21. The van der Waals surface area contributed by atoms with Crippen LogP contribution in [0.15, 0.2) is 0 Å². The summed E-state index contributed by atoms with van der Waals surface area (Å²) in [6.07, 6.45) is 2.11. The van der Waals surface area contributed by atoms with Gasteiger partial charge in [-0.1, -0.05) is 0 Å². The molecule has 94 valence electrons. The van der Waals surface area contributed by atoms with Crippen LogP contribution in [-0.2, 0) is 14.3 Å². The van der Waals surface area contributed by atoms with Crippen molar-refractivity contribution in [1.82, 2.24) is 10.2 Å². The molecule has 3 heterocycles. The minimum absolute atomic E-state index is 0.117. The number of hydrogen-bond donors (Lipinski definition) is 2. The molecule has 6 nitrogen and oxygen atoms in total. The number of fused-ring (bicyclic) bond motifs is 1. The van der Waals surface area contributed by atoms with Crippen LogP contribution in [0.1, 0.15) is 25.7 Å². The lowest BCUT2D eigenvalue weighted by Crippen LogP contribution is -2.51. The topological polar surface area (TPSA) is 78.9 Å². The second kappa shape index (κ2) is 3.68. The van der Waals surface area contributed by atoms with E-state index in [1.807, 2.05) is 0 Å². The molecular weight excluding hydrogens is 224 g/mol. The van der Waals surface area contributed by atoms with Gasteiger partial charge in [-0.15, -0.1) is 0 Å². The van der Waals surface area contributed by atoms with Gasteiger partial charge in [-0.3, -0.25) is 4.79 Å². The van der Waals surface area contributed by atoms with Gasteiger partial charge < -0.3 is 20.1 Å². The fourth-order valence-corrected chi connectivity index (χ4v) is 3.12. The summed E-state index contributed by atoms with van der Waals surface area (Å²) in [5, 5.41) is 12.3. The van der Waals surface area contributed by atoms with Gasteiger partial charge in [0.05, 0.1) is 0 Å². The second-order valence-corrected chi connectivity index (χ2v) is 4.96. The van der Waals surface area contributed by atoms with Crippen LogP contribution in [0.5, 0.6) is 0 Å². The third kappa shape index (κ3) is 1.47. The van der Waals surface area contributed by atoms with Crippen molar-refractivity contribution in [3.05, 3.63) is 0 Å². The van der Waals surface area contributed by atoms with Crippen LogP contribution < -0.4 is 5.32 Å². The summed E-state index contributed by atoms with van der Waals surface area (Å²) in [6.45, 7) is 1.51. The molecule has 17 heavy (non-hydrogen) atoms. The largest absolute Gasteiger partial charge is 0.480 e. The number of carboxylic acids is 1. The quantitative estimate of drug-likeness (QED) is 0.648. The first kappa shape index (κ1) is 11.0. The van der Waals surface area contributed by atoms with Crippen molar-refractivity contribution in [2.45, 2.75) is 43.6 Å². The molecule has 2 atom stereocenters. The highest BCUT2D eigenvalue weighted by molar-refractivity contribution is 5.91. The first-order valence-corrected chi connectivity index (χ1v) is 6.08. The summed E-state index contributed by atoms with van der Waals surface area (Å²) in [7, 11) is 0. The van der Waals surface area contributed by atoms with E-state index in [4.69, 9.17) is 9.84 Å².